The third-order valence-electron chi connectivity index (χ3n) is 8.69. The molecule has 0 aliphatic carbocycles. The van der Waals surface area contributed by atoms with E-state index >= 15 is 8.78 Å². The number of pyridine rings is 2. The van der Waals surface area contributed by atoms with Crippen molar-refractivity contribution in [3.63, 3.8) is 0 Å². The highest BCUT2D eigenvalue weighted by molar-refractivity contribution is 5.95. The molecule has 6 rings (SSSR count). The van der Waals surface area contributed by atoms with E-state index in [9.17, 15) is 9.59 Å². The molecule has 4 aromatic heterocycles. The molecule has 46 heavy (non-hydrogen) atoms. The van der Waals surface area contributed by atoms with Crippen LogP contribution in [0.15, 0.2) is 64.7 Å². The second-order valence-corrected chi connectivity index (χ2v) is 12.4. The highest BCUT2D eigenvalue weighted by Gasteiger charge is 2.30. The lowest BCUT2D eigenvalue weighted by Crippen LogP contribution is -2.54. The van der Waals surface area contributed by atoms with Gasteiger partial charge in [-0.3, -0.25) is 14.3 Å². The number of carbonyl (C=O) groups is 1. The SMILES string of the molecule is C=CC(=O)N1CCN(c2nc(=O)n(Cc3c(C(C)C)ccnc3C(C)C)c3nc(-c4c(F)ccc5ccoc45)c(F)cc23)[C@@H](C)C1. The van der Waals surface area contributed by atoms with E-state index in [4.69, 9.17) is 9.40 Å². The highest BCUT2D eigenvalue weighted by atomic mass is 19.1. The average Bonchev–Trinajstić information content (AvgIpc) is 3.50. The van der Waals surface area contributed by atoms with E-state index in [1.165, 1.54) is 29.0 Å². The lowest BCUT2D eigenvalue weighted by molar-refractivity contribution is -0.126. The molecule has 238 valence electrons. The monoisotopic (exact) mass is 626 g/mol. The zero-order chi connectivity index (χ0) is 32.9. The number of anilines is 1. The largest absolute Gasteiger partial charge is 0.464 e. The summed E-state index contributed by atoms with van der Waals surface area (Å²) in [5, 5.41) is 0.883. The van der Waals surface area contributed by atoms with Gasteiger partial charge in [-0.05, 0) is 66.3 Å². The van der Waals surface area contributed by atoms with Gasteiger partial charge in [0.05, 0.1) is 23.8 Å². The minimum Gasteiger partial charge on any atom is -0.464 e. The van der Waals surface area contributed by atoms with E-state index in [2.05, 4.69) is 30.4 Å². The van der Waals surface area contributed by atoms with Crippen LogP contribution in [0.4, 0.5) is 14.6 Å². The zero-order valence-corrected chi connectivity index (χ0v) is 26.6. The van der Waals surface area contributed by atoms with Gasteiger partial charge in [0.25, 0.3) is 0 Å². The normalized spacial score (nSPS) is 15.5. The minimum atomic E-state index is -0.788. The summed E-state index contributed by atoms with van der Waals surface area (Å²) in [5.74, 6) is -1.24. The van der Waals surface area contributed by atoms with E-state index in [0.29, 0.717) is 30.4 Å². The molecule has 1 aromatic carbocycles. The number of hydrogen-bond acceptors (Lipinski definition) is 7. The van der Waals surface area contributed by atoms with Crippen LogP contribution in [0.5, 0.6) is 0 Å². The van der Waals surface area contributed by atoms with Crippen LogP contribution in [0.3, 0.4) is 0 Å². The summed E-state index contributed by atoms with van der Waals surface area (Å²) in [6, 6.07) is 7.42. The maximum atomic E-state index is 16.2. The average molecular weight is 627 g/mol. The molecular formula is C35H36F2N6O3. The van der Waals surface area contributed by atoms with Gasteiger partial charge in [-0.25, -0.2) is 18.6 Å². The van der Waals surface area contributed by atoms with Gasteiger partial charge in [0.1, 0.15) is 28.6 Å². The fourth-order valence-electron chi connectivity index (χ4n) is 6.41. The van der Waals surface area contributed by atoms with Crippen molar-refractivity contribution in [2.45, 2.75) is 59.0 Å². The number of nitrogens with zero attached hydrogens (tertiary/aromatic N) is 6. The molecule has 0 saturated carbocycles. The Morgan fingerprint density at radius 2 is 1.87 bits per heavy atom. The van der Waals surface area contributed by atoms with Crippen LogP contribution < -0.4 is 10.6 Å². The second-order valence-electron chi connectivity index (χ2n) is 12.4. The summed E-state index contributed by atoms with van der Waals surface area (Å²) in [6.45, 7) is 14.9. The molecule has 5 aromatic rings. The maximum absolute atomic E-state index is 16.2. The van der Waals surface area contributed by atoms with Gasteiger partial charge < -0.3 is 14.2 Å². The summed E-state index contributed by atoms with van der Waals surface area (Å²) in [4.78, 5) is 43.8. The number of furan rings is 1. The smallest absolute Gasteiger partial charge is 0.351 e. The Bertz CT molecular complexity index is 2020. The number of halogens is 2. The lowest BCUT2D eigenvalue weighted by atomic mass is 9.93. The molecule has 9 nitrogen and oxygen atoms in total. The molecule has 1 aliphatic heterocycles. The van der Waals surface area contributed by atoms with Crippen LogP contribution in [0.1, 0.15) is 63.3 Å². The standard InChI is InChI=1S/C35H36F2N6O3/c1-7-28(44)41-13-14-42(21(6)17-41)34-24-16-27(37)31(29-26(36)9-8-22-11-15-46-32(22)29)39-33(24)43(35(45)40-34)18-25-23(19(2)3)10-12-38-30(25)20(4)5/h7-12,15-16,19-21H,1,13-14,17-18H2,2-6H3/t21-/m0/s1. The number of fused-ring (bicyclic) bond motifs is 2. The predicted octanol–water partition coefficient (Wildman–Crippen LogP) is 6.40. The van der Waals surface area contributed by atoms with Gasteiger partial charge in [-0.1, -0.05) is 34.3 Å². The van der Waals surface area contributed by atoms with Gasteiger partial charge in [-0.2, -0.15) is 4.98 Å². The fraction of sp³-hybridized carbons (Fsp3) is 0.343. The van der Waals surface area contributed by atoms with E-state index < -0.39 is 17.3 Å². The molecule has 0 unspecified atom stereocenters. The molecule has 0 N–H and O–H groups in total. The van der Waals surface area contributed by atoms with E-state index in [-0.39, 0.29) is 58.6 Å². The van der Waals surface area contributed by atoms with Crippen molar-refractivity contribution in [2.24, 2.45) is 0 Å². The molecular weight excluding hydrogens is 590 g/mol. The first-order valence-electron chi connectivity index (χ1n) is 15.4. The lowest BCUT2D eigenvalue weighted by Gasteiger charge is -2.40. The van der Waals surface area contributed by atoms with Crippen molar-refractivity contribution in [3.8, 4) is 11.3 Å². The Balaban J connectivity index is 1.61. The van der Waals surface area contributed by atoms with Crippen molar-refractivity contribution in [1.29, 1.82) is 0 Å². The molecule has 1 saturated heterocycles. The quantitative estimate of drug-likeness (QED) is 0.193. The fourth-order valence-corrected chi connectivity index (χ4v) is 6.41. The molecule has 1 fully saturated rings. The van der Waals surface area contributed by atoms with E-state index in [1.54, 1.807) is 23.2 Å². The van der Waals surface area contributed by atoms with Gasteiger partial charge >= 0.3 is 5.69 Å². The third kappa shape index (κ3) is 5.33. The van der Waals surface area contributed by atoms with Gasteiger partial charge in [0.2, 0.25) is 5.91 Å². The second kappa shape index (κ2) is 12.1. The Labute approximate surface area is 265 Å². The van der Waals surface area contributed by atoms with Crippen molar-refractivity contribution in [1.82, 2.24) is 24.4 Å². The first-order valence-corrected chi connectivity index (χ1v) is 15.4. The molecule has 1 amide bonds. The molecule has 1 aliphatic rings. The number of aromatic nitrogens is 4. The first kappa shape index (κ1) is 31.1. The van der Waals surface area contributed by atoms with Crippen LogP contribution in [0, 0.1) is 11.6 Å². The number of rotatable bonds is 7. The van der Waals surface area contributed by atoms with E-state index in [0.717, 1.165) is 16.8 Å². The molecule has 11 heteroatoms. The molecule has 0 radical (unpaired) electrons. The summed E-state index contributed by atoms with van der Waals surface area (Å²) in [6.07, 6.45) is 4.45. The van der Waals surface area contributed by atoms with Crippen LogP contribution in [-0.4, -0.2) is 56.0 Å². The molecule has 1 atom stereocenters. The maximum Gasteiger partial charge on any atom is 0.351 e. The molecule has 5 heterocycles. The number of hydrogen-bond donors (Lipinski definition) is 0. The Kier molecular flexibility index (Phi) is 8.18. The highest BCUT2D eigenvalue weighted by Crippen LogP contribution is 2.36. The van der Waals surface area contributed by atoms with Crippen LogP contribution in [0.25, 0.3) is 33.3 Å². The molecule has 0 spiro atoms. The predicted molar refractivity (Wildman–Crippen MR) is 174 cm³/mol. The topological polar surface area (TPSA) is 97.4 Å². The van der Waals surface area contributed by atoms with Gasteiger partial charge in [-0.15, -0.1) is 0 Å². The number of piperazine rings is 1. The Morgan fingerprint density at radius 3 is 2.57 bits per heavy atom. The summed E-state index contributed by atoms with van der Waals surface area (Å²) in [5.41, 5.74) is 2.04. The Morgan fingerprint density at radius 1 is 1.09 bits per heavy atom. The first-order chi connectivity index (χ1) is 22.0. The van der Waals surface area contributed by atoms with Crippen molar-refractivity contribution < 1.29 is 18.0 Å². The summed E-state index contributed by atoms with van der Waals surface area (Å²) < 4.78 is 38.6. The van der Waals surface area contributed by atoms with Crippen molar-refractivity contribution in [2.75, 3.05) is 24.5 Å². The van der Waals surface area contributed by atoms with Gasteiger partial charge in [0, 0.05) is 43.0 Å². The summed E-state index contributed by atoms with van der Waals surface area (Å²) in [7, 11) is 0. The van der Waals surface area contributed by atoms with Crippen molar-refractivity contribution >= 4 is 33.7 Å². The third-order valence-corrected chi connectivity index (χ3v) is 8.69. The minimum absolute atomic E-state index is 0.0601. The summed E-state index contributed by atoms with van der Waals surface area (Å²) >= 11 is 0. The van der Waals surface area contributed by atoms with Crippen molar-refractivity contribution in [3.05, 3.63) is 94.4 Å². The van der Waals surface area contributed by atoms with Gasteiger partial charge in [0.15, 0.2) is 5.82 Å². The zero-order valence-electron chi connectivity index (χ0n) is 26.6. The Hall–Kier alpha value is -4.93. The van der Waals surface area contributed by atoms with E-state index in [1.807, 2.05) is 31.7 Å². The van der Waals surface area contributed by atoms with Crippen LogP contribution >= 0.6 is 0 Å². The molecule has 0 bridgehead atoms. The number of amides is 1. The van der Waals surface area contributed by atoms with Crippen LogP contribution in [0.2, 0.25) is 0 Å². The number of carbonyl (C=O) groups excluding carboxylic acids is 1. The number of benzene rings is 1. The van der Waals surface area contributed by atoms with Crippen LogP contribution in [-0.2, 0) is 11.3 Å².